The van der Waals surface area contributed by atoms with Gasteiger partial charge in [-0.3, -0.25) is 4.79 Å². The number of aromatic nitrogens is 3. The largest absolute Gasteiger partial charge is 0.481 e. The second-order valence-electron chi connectivity index (χ2n) is 4.00. The SMILES string of the molecule is Cc1ccc(-n2nncc2CC(=O)O)c(C)c1. The number of nitrogens with zero attached hydrogens (tertiary/aromatic N) is 3. The molecular formula is C12H13N3O2. The zero-order valence-corrected chi connectivity index (χ0v) is 9.71. The first-order valence-electron chi connectivity index (χ1n) is 5.27. The van der Waals surface area contributed by atoms with E-state index in [1.165, 1.54) is 6.20 Å². The Morgan fingerprint density at radius 3 is 2.82 bits per heavy atom. The number of aryl methyl sites for hydroxylation is 2. The molecule has 0 aliphatic rings. The van der Waals surface area contributed by atoms with Gasteiger partial charge in [0.15, 0.2) is 0 Å². The van der Waals surface area contributed by atoms with Gasteiger partial charge in [0.2, 0.25) is 0 Å². The van der Waals surface area contributed by atoms with E-state index in [0.717, 1.165) is 16.8 Å². The molecule has 0 saturated heterocycles. The molecule has 0 bridgehead atoms. The maximum Gasteiger partial charge on any atom is 0.309 e. The van der Waals surface area contributed by atoms with Crippen LogP contribution in [-0.4, -0.2) is 26.1 Å². The third kappa shape index (κ3) is 2.33. The highest BCUT2D eigenvalue weighted by molar-refractivity contribution is 5.69. The van der Waals surface area contributed by atoms with Crippen LogP contribution < -0.4 is 0 Å². The highest BCUT2D eigenvalue weighted by Gasteiger charge is 2.11. The first kappa shape index (κ1) is 11.3. The Labute approximate surface area is 98.7 Å². The molecule has 1 N–H and O–H groups in total. The van der Waals surface area contributed by atoms with Crippen LogP contribution in [0.15, 0.2) is 24.4 Å². The zero-order chi connectivity index (χ0) is 12.4. The second kappa shape index (κ2) is 4.37. The van der Waals surface area contributed by atoms with Crippen molar-refractivity contribution in [3.8, 4) is 5.69 Å². The molecule has 0 unspecified atom stereocenters. The molecule has 5 heteroatoms. The van der Waals surface area contributed by atoms with E-state index in [9.17, 15) is 4.79 Å². The molecule has 0 aliphatic carbocycles. The van der Waals surface area contributed by atoms with Crippen molar-refractivity contribution >= 4 is 5.97 Å². The minimum absolute atomic E-state index is 0.0830. The van der Waals surface area contributed by atoms with Crippen molar-refractivity contribution in [3.63, 3.8) is 0 Å². The molecule has 0 aliphatic heterocycles. The topological polar surface area (TPSA) is 68.0 Å². The number of hydrogen-bond acceptors (Lipinski definition) is 3. The van der Waals surface area contributed by atoms with Crippen molar-refractivity contribution in [1.29, 1.82) is 0 Å². The Balaban J connectivity index is 2.46. The number of benzene rings is 1. The van der Waals surface area contributed by atoms with Crippen molar-refractivity contribution in [2.24, 2.45) is 0 Å². The molecule has 5 nitrogen and oxygen atoms in total. The first-order chi connectivity index (χ1) is 8.08. The molecule has 17 heavy (non-hydrogen) atoms. The van der Waals surface area contributed by atoms with E-state index in [-0.39, 0.29) is 6.42 Å². The number of rotatable bonds is 3. The Hall–Kier alpha value is -2.17. The Bertz CT molecular complexity index is 561. The number of carbonyl (C=O) groups is 1. The van der Waals surface area contributed by atoms with Crippen LogP contribution in [0.2, 0.25) is 0 Å². The van der Waals surface area contributed by atoms with Gasteiger partial charge in [0.25, 0.3) is 0 Å². The van der Waals surface area contributed by atoms with E-state index in [1.807, 2.05) is 32.0 Å². The van der Waals surface area contributed by atoms with Gasteiger partial charge in [0, 0.05) is 0 Å². The molecule has 1 aromatic heterocycles. The summed E-state index contributed by atoms with van der Waals surface area (Å²) in [5.74, 6) is -0.890. The quantitative estimate of drug-likeness (QED) is 0.869. The predicted molar refractivity (Wildman–Crippen MR) is 62.2 cm³/mol. The lowest BCUT2D eigenvalue weighted by atomic mass is 10.1. The zero-order valence-electron chi connectivity index (χ0n) is 9.71. The number of carboxylic acids is 1. The molecule has 0 spiro atoms. The number of hydrogen-bond donors (Lipinski definition) is 1. The number of aliphatic carboxylic acids is 1. The van der Waals surface area contributed by atoms with Crippen molar-refractivity contribution in [2.45, 2.75) is 20.3 Å². The van der Waals surface area contributed by atoms with Gasteiger partial charge in [0.1, 0.15) is 0 Å². The minimum Gasteiger partial charge on any atom is -0.481 e. The fourth-order valence-electron chi connectivity index (χ4n) is 1.78. The maximum absolute atomic E-state index is 10.7. The average molecular weight is 231 g/mol. The van der Waals surface area contributed by atoms with Crippen molar-refractivity contribution < 1.29 is 9.90 Å². The van der Waals surface area contributed by atoms with Gasteiger partial charge < -0.3 is 5.11 Å². The van der Waals surface area contributed by atoms with Gasteiger partial charge in [-0.25, -0.2) is 4.68 Å². The lowest BCUT2D eigenvalue weighted by molar-refractivity contribution is -0.136. The van der Waals surface area contributed by atoms with Crippen molar-refractivity contribution in [3.05, 3.63) is 41.2 Å². The summed E-state index contributed by atoms with van der Waals surface area (Å²) in [6.45, 7) is 3.98. The second-order valence-corrected chi connectivity index (χ2v) is 4.00. The summed E-state index contributed by atoms with van der Waals surface area (Å²) < 4.78 is 1.57. The smallest absolute Gasteiger partial charge is 0.309 e. The van der Waals surface area contributed by atoms with Gasteiger partial charge in [-0.2, -0.15) is 0 Å². The summed E-state index contributed by atoms with van der Waals surface area (Å²) in [4.78, 5) is 10.7. The van der Waals surface area contributed by atoms with Gasteiger partial charge in [-0.05, 0) is 25.5 Å². The van der Waals surface area contributed by atoms with Crippen LogP contribution >= 0.6 is 0 Å². The van der Waals surface area contributed by atoms with Gasteiger partial charge in [0.05, 0.1) is 24.0 Å². The third-order valence-electron chi connectivity index (χ3n) is 2.53. The van der Waals surface area contributed by atoms with Crippen LogP contribution in [0.1, 0.15) is 16.8 Å². The van der Waals surface area contributed by atoms with E-state index in [0.29, 0.717) is 5.69 Å². The van der Waals surface area contributed by atoms with Crippen LogP contribution in [0.4, 0.5) is 0 Å². The molecule has 2 rings (SSSR count). The summed E-state index contributed by atoms with van der Waals surface area (Å²) >= 11 is 0. The summed E-state index contributed by atoms with van der Waals surface area (Å²) in [7, 11) is 0. The summed E-state index contributed by atoms with van der Waals surface area (Å²) in [6, 6.07) is 5.92. The molecule has 1 heterocycles. The van der Waals surface area contributed by atoms with Crippen LogP contribution in [-0.2, 0) is 11.2 Å². The fraction of sp³-hybridized carbons (Fsp3) is 0.250. The minimum atomic E-state index is -0.890. The maximum atomic E-state index is 10.7. The highest BCUT2D eigenvalue weighted by atomic mass is 16.4. The van der Waals surface area contributed by atoms with E-state index in [4.69, 9.17) is 5.11 Å². The van der Waals surface area contributed by atoms with E-state index in [1.54, 1.807) is 4.68 Å². The molecule has 0 atom stereocenters. The van der Waals surface area contributed by atoms with Crippen LogP contribution in [0.3, 0.4) is 0 Å². The lowest BCUT2D eigenvalue weighted by Crippen LogP contribution is -2.09. The molecule has 0 fully saturated rings. The molecule has 0 radical (unpaired) electrons. The Morgan fingerprint density at radius 2 is 2.18 bits per heavy atom. The van der Waals surface area contributed by atoms with Gasteiger partial charge >= 0.3 is 5.97 Å². The van der Waals surface area contributed by atoms with E-state index >= 15 is 0 Å². The van der Waals surface area contributed by atoms with E-state index < -0.39 is 5.97 Å². The number of carboxylic acid groups (broad SMARTS) is 1. The van der Waals surface area contributed by atoms with Crippen LogP contribution in [0.25, 0.3) is 5.69 Å². The monoisotopic (exact) mass is 231 g/mol. The van der Waals surface area contributed by atoms with Crippen molar-refractivity contribution in [2.75, 3.05) is 0 Å². The molecule has 1 aromatic carbocycles. The Morgan fingerprint density at radius 1 is 1.41 bits per heavy atom. The summed E-state index contributed by atoms with van der Waals surface area (Å²) in [5, 5.41) is 16.5. The van der Waals surface area contributed by atoms with Crippen LogP contribution in [0, 0.1) is 13.8 Å². The fourth-order valence-corrected chi connectivity index (χ4v) is 1.78. The van der Waals surface area contributed by atoms with Crippen molar-refractivity contribution in [1.82, 2.24) is 15.0 Å². The molecule has 88 valence electrons. The normalized spacial score (nSPS) is 10.5. The molecular weight excluding hydrogens is 218 g/mol. The molecule has 0 saturated carbocycles. The lowest BCUT2D eigenvalue weighted by Gasteiger charge is -2.08. The van der Waals surface area contributed by atoms with E-state index in [2.05, 4.69) is 10.3 Å². The van der Waals surface area contributed by atoms with Gasteiger partial charge in [-0.1, -0.05) is 22.9 Å². The molecule has 0 amide bonds. The Kier molecular flexibility index (Phi) is 2.91. The van der Waals surface area contributed by atoms with Crippen LogP contribution in [0.5, 0.6) is 0 Å². The first-order valence-corrected chi connectivity index (χ1v) is 5.27. The third-order valence-corrected chi connectivity index (χ3v) is 2.53. The highest BCUT2D eigenvalue weighted by Crippen LogP contribution is 2.16. The van der Waals surface area contributed by atoms with Gasteiger partial charge in [-0.15, -0.1) is 5.10 Å². The average Bonchev–Trinajstić information content (AvgIpc) is 2.65. The predicted octanol–water partition coefficient (Wildman–Crippen LogP) is 1.51. The summed E-state index contributed by atoms with van der Waals surface area (Å²) in [5.41, 5.74) is 3.64. The molecule has 2 aromatic rings. The summed E-state index contributed by atoms with van der Waals surface area (Å²) in [6.07, 6.45) is 1.40. The standard InChI is InChI=1S/C12H13N3O2/c1-8-3-4-11(9(2)5-8)15-10(6-12(16)17)7-13-14-15/h3-5,7H,6H2,1-2H3,(H,16,17).